The second kappa shape index (κ2) is 7.46. The average molecular weight is 406 g/mol. The zero-order valence-electron chi connectivity index (χ0n) is 18.1. The van der Waals surface area contributed by atoms with Crippen LogP contribution in [0.5, 0.6) is 5.75 Å². The molecule has 0 saturated heterocycles. The Labute approximate surface area is 175 Å². The number of rotatable bonds is 5. The highest BCUT2D eigenvalue weighted by molar-refractivity contribution is 8.34. The van der Waals surface area contributed by atoms with Gasteiger partial charge < -0.3 is 9.67 Å². The van der Waals surface area contributed by atoms with E-state index in [2.05, 4.69) is 100 Å². The van der Waals surface area contributed by atoms with E-state index >= 15 is 0 Å². The lowest BCUT2D eigenvalue weighted by Crippen LogP contribution is -2.09. The van der Waals surface area contributed by atoms with Crippen LogP contribution >= 0.6 is 10.0 Å². The number of hydrogen-bond donors (Lipinski definition) is 1. The van der Waals surface area contributed by atoms with E-state index < -0.39 is 10.0 Å². The van der Waals surface area contributed by atoms with Crippen molar-refractivity contribution in [1.29, 1.82) is 0 Å². The summed E-state index contributed by atoms with van der Waals surface area (Å²) in [5, 5.41) is 15.3. The second-order valence-electron chi connectivity index (χ2n) is 8.10. The minimum absolute atomic E-state index is 0.262. The average Bonchev–Trinajstić information content (AvgIpc) is 3.07. The van der Waals surface area contributed by atoms with Crippen molar-refractivity contribution in [3.63, 3.8) is 0 Å². The molecule has 0 aliphatic carbocycles. The zero-order valence-corrected chi connectivity index (χ0v) is 18.9. The van der Waals surface area contributed by atoms with Crippen LogP contribution in [0, 0.1) is 0 Å². The van der Waals surface area contributed by atoms with E-state index in [0.717, 1.165) is 22.0 Å². The van der Waals surface area contributed by atoms with Crippen LogP contribution in [0.4, 0.5) is 0 Å². The third-order valence-corrected chi connectivity index (χ3v) is 10.6. The molecule has 1 heterocycles. The van der Waals surface area contributed by atoms with Crippen LogP contribution in [0.15, 0.2) is 70.6 Å². The maximum atomic E-state index is 11.6. The first kappa shape index (κ1) is 19.9. The van der Waals surface area contributed by atoms with Crippen molar-refractivity contribution in [3.05, 3.63) is 66.4 Å². The molecule has 0 amide bonds. The molecule has 0 fully saturated rings. The Balaban J connectivity index is 2.11. The molecule has 3 aromatic carbocycles. The molecule has 4 aromatic rings. The predicted octanol–water partition coefficient (Wildman–Crippen LogP) is 7.42. The second-order valence-corrected chi connectivity index (χ2v) is 11.9. The summed E-state index contributed by atoms with van der Waals surface area (Å²) in [6.45, 7) is 8.92. The minimum atomic E-state index is -1.38. The van der Waals surface area contributed by atoms with E-state index in [1.807, 2.05) is 0 Å². The van der Waals surface area contributed by atoms with Crippen LogP contribution < -0.4 is 0 Å². The smallest absolute Gasteiger partial charge is 0.132 e. The highest BCUT2D eigenvalue weighted by Crippen LogP contribution is 2.67. The molecule has 1 N–H and O–H groups in total. The number of phenolic OH excluding ortho intramolecular Hbond substituents is 1. The number of nitrogens with zero attached hydrogens (tertiary/aromatic N) is 1. The summed E-state index contributed by atoms with van der Waals surface area (Å²) >= 11 is 0. The monoisotopic (exact) mass is 405 g/mol. The summed E-state index contributed by atoms with van der Waals surface area (Å²) < 4.78 is 2.24. The molecular formula is C26H31NOS. The fraction of sp³-hybridized carbons (Fsp3) is 0.308. The van der Waals surface area contributed by atoms with E-state index in [1.165, 1.54) is 26.6 Å². The molecule has 29 heavy (non-hydrogen) atoms. The number of aromatic nitrogens is 1. The molecule has 3 heteroatoms. The number of hydrogen-bond acceptors (Lipinski definition) is 1. The van der Waals surface area contributed by atoms with Crippen molar-refractivity contribution in [2.75, 3.05) is 11.5 Å². The normalized spacial score (nSPS) is 12.9. The topological polar surface area (TPSA) is 25.2 Å². The van der Waals surface area contributed by atoms with Crippen molar-refractivity contribution < 1.29 is 5.11 Å². The van der Waals surface area contributed by atoms with Gasteiger partial charge in [0.25, 0.3) is 0 Å². The Morgan fingerprint density at radius 2 is 1.52 bits per heavy atom. The van der Waals surface area contributed by atoms with Gasteiger partial charge in [-0.15, -0.1) is 0 Å². The lowest BCUT2D eigenvalue weighted by molar-refractivity contribution is 0.453. The number of phenols is 1. The Bertz CT molecular complexity index is 1180. The van der Waals surface area contributed by atoms with Crippen molar-refractivity contribution in [2.24, 2.45) is 7.05 Å². The van der Waals surface area contributed by atoms with E-state index in [4.69, 9.17) is 0 Å². The molecule has 0 bridgehead atoms. The third kappa shape index (κ3) is 2.95. The number of aryl methyl sites for hydroxylation is 1. The zero-order chi connectivity index (χ0) is 20.8. The Hall–Kier alpha value is -2.39. The van der Waals surface area contributed by atoms with Gasteiger partial charge in [-0.25, -0.2) is 0 Å². The minimum Gasteiger partial charge on any atom is -0.507 e. The molecule has 2 nitrogen and oxygen atoms in total. The maximum Gasteiger partial charge on any atom is 0.132 e. The summed E-state index contributed by atoms with van der Waals surface area (Å²) in [6, 6.07) is 19.4. The van der Waals surface area contributed by atoms with Gasteiger partial charge in [0, 0.05) is 39.5 Å². The first-order valence-corrected chi connectivity index (χ1v) is 12.5. The molecule has 1 aromatic heterocycles. The quantitative estimate of drug-likeness (QED) is 0.367. The van der Waals surface area contributed by atoms with Crippen LogP contribution in [0.1, 0.15) is 39.2 Å². The van der Waals surface area contributed by atoms with Crippen LogP contribution in [0.25, 0.3) is 21.7 Å². The van der Waals surface area contributed by atoms with Crippen molar-refractivity contribution in [3.8, 4) is 5.75 Å². The highest BCUT2D eigenvalue weighted by Gasteiger charge is 2.32. The van der Waals surface area contributed by atoms with Gasteiger partial charge in [0.15, 0.2) is 0 Å². The largest absolute Gasteiger partial charge is 0.507 e. The molecule has 0 unspecified atom stereocenters. The Kier molecular flexibility index (Phi) is 5.12. The van der Waals surface area contributed by atoms with Gasteiger partial charge in [0.1, 0.15) is 5.75 Å². The van der Waals surface area contributed by atoms with Gasteiger partial charge in [0.05, 0.1) is 0 Å². The molecule has 152 valence electrons. The van der Waals surface area contributed by atoms with E-state index in [1.54, 1.807) is 0 Å². The summed E-state index contributed by atoms with van der Waals surface area (Å²) in [6.07, 6.45) is 2.30. The van der Waals surface area contributed by atoms with Crippen molar-refractivity contribution in [2.45, 2.75) is 43.4 Å². The van der Waals surface area contributed by atoms with Gasteiger partial charge in [-0.1, -0.05) is 70.2 Å². The highest BCUT2D eigenvalue weighted by atomic mass is 32.3. The first-order valence-electron chi connectivity index (χ1n) is 10.5. The van der Waals surface area contributed by atoms with Crippen LogP contribution in [-0.2, 0) is 7.05 Å². The van der Waals surface area contributed by atoms with Crippen molar-refractivity contribution in [1.82, 2.24) is 4.57 Å². The van der Waals surface area contributed by atoms with E-state index in [-0.39, 0.29) is 5.92 Å². The molecular weight excluding hydrogens is 374 g/mol. The number of benzene rings is 3. The summed E-state index contributed by atoms with van der Waals surface area (Å²) in [7, 11) is 0.742. The third-order valence-electron chi connectivity index (χ3n) is 6.29. The fourth-order valence-corrected chi connectivity index (χ4v) is 8.46. The summed E-state index contributed by atoms with van der Waals surface area (Å²) in [5.74, 6) is 2.80. The molecule has 0 radical (unpaired) electrons. The van der Waals surface area contributed by atoms with Gasteiger partial charge >= 0.3 is 0 Å². The summed E-state index contributed by atoms with van der Waals surface area (Å²) in [5.41, 5.74) is 2.34. The molecule has 0 saturated carbocycles. The number of fused-ring (bicyclic) bond motifs is 2. The maximum absolute atomic E-state index is 11.6. The lowest BCUT2D eigenvalue weighted by atomic mass is 9.95. The number of para-hydroxylation sites is 1. The standard InChI is InChI=1S/C26H31NOS/c1-6-29(7-2,24-17-27(5)22-15-11-10-14-21(22)24)23-16-19-12-8-9-13-20(19)25(18(3)4)26(23)28/h8-18,28H,6-7H2,1-5H3. The predicted molar refractivity (Wildman–Crippen MR) is 128 cm³/mol. The van der Waals surface area contributed by atoms with Crippen LogP contribution in [-0.4, -0.2) is 21.2 Å². The van der Waals surface area contributed by atoms with Gasteiger partial charge in [-0.3, -0.25) is 0 Å². The lowest BCUT2D eigenvalue weighted by Gasteiger charge is -2.40. The molecule has 0 aliphatic rings. The number of aromatic hydroxyl groups is 1. The van der Waals surface area contributed by atoms with Gasteiger partial charge in [0.2, 0.25) is 0 Å². The fourth-order valence-electron chi connectivity index (χ4n) is 4.78. The molecule has 0 atom stereocenters. The molecule has 0 aliphatic heterocycles. The van der Waals surface area contributed by atoms with Crippen molar-refractivity contribution >= 4 is 31.7 Å². The van der Waals surface area contributed by atoms with Gasteiger partial charge in [-0.05, 0) is 40.3 Å². The Morgan fingerprint density at radius 1 is 0.897 bits per heavy atom. The Morgan fingerprint density at radius 3 is 2.17 bits per heavy atom. The first-order chi connectivity index (χ1) is 13.9. The molecule has 4 rings (SSSR count). The summed E-state index contributed by atoms with van der Waals surface area (Å²) in [4.78, 5) is 2.53. The van der Waals surface area contributed by atoms with Gasteiger partial charge in [-0.2, -0.15) is 10.0 Å². The van der Waals surface area contributed by atoms with Crippen LogP contribution in [0.2, 0.25) is 0 Å². The van der Waals surface area contributed by atoms with E-state index in [0.29, 0.717) is 5.75 Å². The van der Waals surface area contributed by atoms with E-state index in [9.17, 15) is 5.11 Å². The van der Waals surface area contributed by atoms with Crippen LogP contribution in [0.3, 0.4) is 0 Å². The molecule has 0 spiro atoms. The SMILES string of the molecule is CCS(CC)(c1cc2ccccc2c(C(C)C)c1O)c1cn(C)c2ccccc12.